The van der Waals surface area contributed by atoms with Crippen molar-refractivity contribution in [3.8, 4) is 11.4 Å². The first-order valence-electron chi connectivity index (χ1n) is 13.9. The fourth-order valence-corrected chi connectivity index (χ4v) is 5.94. The number of pyridine rings is 1. The van der Waals surface area contributed by atoms with Crippen molar-refractivity contribution in [1.82, 2.24) is 14.9 Å². The van der Waals surface area contributed by atoms with E-state index < -0.39 is 0 Å². The van der Waals surface area contributed by atoms with Gasteiger partial charge in [0, 0.05) is 34.6 Å². The molecule has 0 aliphatic carbocycles. The monoisotopic (exact) mass is 591 g/mol. The van der Waals surface area contributed by atoms with Gasteiger partial charge in [0.05, 0.1) is 17.8 Å². The molecule has 43 heavy (non-hydrogen) atoms. The number of nitrogens with zero attached hydrogens (tertiary/aromatic N) is 3. The van der Waals surface area contributed by atoms with Gasteiger partial charge >= 0.3 is 0 Å². The van der Waals surface area contributed by atoms with Crippen molar-refractivity contribution in [3.05, 3.63) is 138 Å². The van der Waals surface area contributed by atoms with E-state index in [-0.39, 0.29) is 30.4 Å². The van der Waals surface area contributed by atoms with Gasteiger partial charge in [-0.05, 0) is 110 Å². The van der Waals surface area contributed by atoms with Crippen molar-refractivity contribution >= 4 is 34.6 Å². The summed E-state index contributed by atoms with van der Waals surface area (Å²) in [6.45, 7) is 4.01. The minimum absolute atomic E-state index is 0.0939. The molecule has 216 valence electrons. The number of ether oxygens (including phenoxy) is 1. The smallest absolute Gasteiger partial charge is 0.262 e. The predicted octanol–water partition coefficient (Wildman–Crippen LogP) is 6.82. The van der Waals surface area contributed by atoms with Gasteiger partial charge in [0.2, 0.25) is 0 Å². The highest BCUT2D eigenvalue weighted by Crippen LogP contribution is 2.44. The number of halogens is 1. The molecule has 1 aliphatic rings. The lowest BCUT2D eigenvalue weighted by molar-refractivity contribution is -0.118. The number of hydrogen-bond acceptors (Lipinski definition) is 4. The molecule has 1 fully saturated rings. The van der Waals surface area contributed by atoms with Gasteiger partial charge in [-0.3, -0.25) is 9.78 Å². The van der Waals surface area contributed by atoms with Gasteiger partial charge < -0.3 is 24.8 Å². The van der Waals surface area contributed by atoms with Crippen LogP contribution in [-0.4, -0.2) is 27.2 Å². The normalized spacial score (nSPS) is 16.2. The van der Waals surface area contributed by atoms with Gasteiger partial charge in [-0.2, -0.15) is 0 Å². The van der Waals surface area contributed by atoms with Crippen molar-refractivity contribution in [2.24, 2.45) is 0 Å². The Morgan fingerprint density at radius 3 is 2.35 bits per heavy atom. The number of hydrogen-bond donors (Lipinski definition) is 2. The van der Waals surface area contributed by atoms with Gasteiger partial charge in [0.15, 0.2) is 11.7 Å². The topological polar surface area (TPSA) is 71.4 Å². The average molecular weight is 592 g/mol. The lowest BCUT2D eigenvalue weighted by Crippen LogP contribution is -2.29. The Balaban J connectivity index is 1.30. The molecule has 1 saturated heterocycles. The molecule has 7 nitrogen and oxygen atoms in total. The van der Waals surface area contributed by atoms with Crippen LogP contribution in [0.5, 0.6) is 5.75 Å². The quantitative estimate of drug-likeness (QED) is 0.193. The molecule has 2 N–H and O–H groups in total. The second-order valence-corrected chi connectivity index (χ2v) is 10.7. The fourth-order valence-electron chi connectivity index (χ4n) is 5.59. The predicted molar refractivity (Wildman–Crippen MR) is 170 cm³/mol. The van der Waals surface area contributed by atoms with E-state index in [0.717, 1.165) is 34.0 Å². The van der Waals surface area contributed by atoms with Crippen LogP contribution in [0.4, 0.5) is 15.8 Å². The van der Waals surface area contributed by atoms with Crippen molar-refractivity contribution in [2.75, 3.05) is 16.8 Å². The average Bonchev–Trinajstić information content (AvgIpc) is 3.52. The number of aryl methyl sites for hydroxylation is 1. The Labute approximate surface area is 255 Å². The third-order valence-electron chi connectivity index (χ3n) is 7.51. The second-order valence-electron chi connectivity index (χ2n) is 10.3. The summed E-state index contributed by atoms with van der Waals surface area (Å²) in [5, 5.41) is 6.96. The molecule has 3 aromatic carbocycles. The number of amides is 1. The lowest BCUT2D eigenvalue weighted by Gasteiger charge is -2.28. The molecular weight excluding hydrogens is 561 g/mol. The van der Waals surface area contributed by atoms with Crippen LogP contribution >= 0.6 is 12.2 Å². The molecule has 5 aromatic rings. The zero-order valence-electron chi connectivity index (χ0n) is 23.7. The van der Waals surface area contributed by atoms with E-state index in [4.69, 9.17) is 17.0 Å². The minimum atomic E-state index is -0.276. The van der Waals surface area contributed by atoms with Crippen LogP contribution in [0.3, 0.4) is 0 Å². The molecule has 0 spiro atoms. The molecule has 0 radical (unpaired) electrons. The Bertz CT molecular complexity index is 1740. The maximum atomic E-state index is 13.7. The Morgan fingerprint density at radius 1 is 0.953 bits per heavy atom. The van der Waals surface area contributed by atoms with E-state index in [1.807, 2.05) is 67.6 Å². The number of rotatable bonds is 8. The molecule has 1 amide bonds. The highest BCUT2D eigenvalue weighted by Gasteiger charge is 2.42. The number of carbonyl (C=O) groups is 1. The van der Waals surface area contributed by atoms with Gasteiger partial charge in [0.25, 0.3) is 5.91 Å². The second kappa shape index (κ2) is 12.1. The summed E-state index contributed by atoms with van der Waals surface area (Å²) in [6.07, 6.45) is 1.78. The van der Waals surface area contributed by atoms with Crippen LogP contribution < -0.4 is 20.3 Å². The molecule has 6 rings (SSSR count). The summed E-state index contributed by atoms with van der Waals surface area (Å²) in [6, 6.07) is 30.9. The molecule has 9 heteroatoms. The first-order chi connectivity index (χ1) is 20.9. The van der Waals surface area contributed by atoms with E-state index in [1.54, 1.807) is 30.5 Å². The van der Waals surface area contributed by atoms with E-state index in [0.29, 0.717) is 16.5 Å². The molecular formula is C34H30FN5O2S. The summed E-state index contributed by atoms with van der Waals surface area (Å²) in [5.41, 5.74) is 6.38. The van der Waals surface area contributed by atoms with E-state index >= 15 is 0 Å². The zero-order chi connectivity index (χ0) is 29.9. The number of carbonyl (C=O) groups excluding carboxylic acids is 1. The third kappa shape index (κ3) is 5.85. The number of nitrogens with one attached hydrogen (secondary N) is 2. The summed E-state index contributed by atoms with van der Waals surface area (Å²) in [7, 11) is 0. The van der Waals surface area contributed by atoms with E-state index in [9.17, 15) is 9.18 Å². The number of anilines is 2. The summed E-state index contributed by atoms with van der Waals surface area (Å²) < 4.78 is 21.4. The van der Waals surface area contributed by atoms with Crippen LogP contribution in [0.2, 0.25) is 0 Å². The molecule has 2 aromatic heterocycles. The number of thiocarbonyl (C=S) groups is 1. The van der Waals surface area contributed by atoms with Gasteiger partial charge in [0.1, 0.15) is 11.6 Å². The summed E-state index contributed by atoms with van der Waals surface area (Å²) >= 11 is 5.90. The van der Waals surface area contributed by atoms with E-state index in [2.05, 4.69) is 38.1 Å². The third-order valence-corrected chi connectivity index (χ3v) is 7.83. The standard InChI is InChI=1S/C34H30FN5O2S/c1-22-20-29(23(2)39(22)26-15-11-24(35)12-16-26)33-32(30-10-6-7-19-36-30)38-34(43)40(33)27-17-13-25(14-18-27)37-31(41)21-42-28-8-4-3-5-9-28/h3-20,32-33H,21H2,1-2H3,(H,37,41)(H,38,43)/t32-,33+/m1/s1. The molecule has 0 bridgehead atoms. The summed E-state index contributed by atoms with van der Waals surface area (Å²) in [4.78, 5) is 19.3. The largest absolute Gasteiger partial charge is 0.484 e. The van der Waals surface area contributed by atoms with Crippen molar-refractivity contribution in [3.63, 3.8) is 0 Å². The number of para-hydroxylation sites is 1. The van der Waals surface area contributed by atoms with Crippen LogP contribution in [0.15, 0.2) is 109 Å². The maximum Gasteiger partial charge on any atom is 0.262 e. The van der Waals surface area contributed by atoms with Crippen LogP contribution in [-0.2, 0) is 4.79 Å². The fraction of sp³-hybridized carbons (Fsp3) is 0.147. The van der Waals surface area contributed by atoms with Gasteiger partial charge in [-0.25, -0.2) is 4.39 Å². The van der Waals surface area contributed by atoms with Crippen molar-refractivity contribution < 1.29 is 13.9 Å². The van der Waals surface area contributed by atoms with Crippen LogP contribution in [0.25, 0.3) is 5.69 Å². The van der Waals surface area contributed by atoms with Gasteiger partial charge in [-0.15, -0.1) is 0 Å². The van der Waals surface area contributed by atoms with Crippen LogP contribution in [0, 0.1) is 19.7 Å². The SMILES string of the molecule is Cc1cc([C@H]2[C@@H](c3ccccn3)NC(=S)N2c2ccc(NC(=O)COc3ccccc3)cc2)c(C)n1-c1ccc(F)cc1. The Kier molecular flexibility index (Phi) is 7.89. The first kappa shape index (κ1) is 28.1. The molecule has 2 atom stereocenters. The van der Waals surface area contributed by atoms with Gasteiger partial charge in [-0.1, -0.05) is 24.3 Å². The minimum Gasteiger partial charge on any atom is -0.484 e. The first-order valence-corrected chi connectivity index (χ1v) is 14.3. The zero-order valence-corrected chi connectivity index (χ0v) is 24.5. The molecule has 0 saturated carbocycles. The number of aromatic nitrogens is 2. The highest BCUT2D eigenvalue weighted by molar-refractivity contribution is 7.80. The lowest BCUT2D eigenvalue weighted by atomic mass is 9.96. The molecule has 3 heterocycles. The highest BCUT2D eigenvalue weighted by atomic mass is 32.1. The maximum absolute atomic E-state index is 13.7. The molecule has 1 aliphatic heterocycles. The van der Waals surface area contributed by atoms with Crippen molar-refractivity contribution in [1.29, 1.82) is 0 Å². The molecule has 0 unspecified atom stereocenters. The number of benzene rings is 3. The van der Waals surface area contributed by atoms with Crippen molar-refractivity contribution in [2.45, 2.75) is 25.9 Å². The van der Waals surface area contributed by atoms with Crippen LogP contribution in [0.1, 0.15) is 34.7 Å². The Hall–Kier alpha value is -5.02. The van der Waals surface area contributed by atoms with E-state index in [1.165, 1.54) is 12.1 Å². The Morgan fingerprint density at radius 2 is 1.65 bits per heavy atom. The summed E-state index contributed by atoms with van der Waals surface area (Å²) in [5.74, 6) is 0.105.